The van der Waals surface area contributed by atoms with Crippen molar-refractivity contribution in [2.75, 3.05) is 6.61 Å². The number of allylic oxidation sites excluding steroid dienone is 1. The second-order valence-corrected chi connectivity index (χ2v) is 7.85. The van der Waals surface area contributed by atoms with Crippen LogP contribution in [-0.2, 0) is 0 Å². The molecule has 166 valence electrons. The van der Waals surface area contributed by atoms with Crippen LogP contribution < -0.4 is 19.9 Å². The van der Waals surface area contributed by atoms with Gasteiger partial charge in [-0.3, -0.25) is 0 Å². The number of hydrogen-bond donors (Lipinski definition) is 1. The van der Waals surface area contributed by atoms with E-state index in [9.17, 15) is 10.1 Å². The maximum absolute atomic E-state index is 12.8. The highest BCUT2D eigenvalue weighted by Crippen LogP contribution is 2.43. The number of nitriles is 1. The van der Waals surface area contributed by atoms with E-state index < -0.39 is 11.9 Å². The molecule has 1 aliphatic heterocycles. The van der Waals surface area contributed by atoms with E-state index in [-0.39, 0.29) is 17.2 Å². The topological polar surface area (TPSA) is 94.6 Å². The van der Waals surface area contributed by atoms with E-state index in [0.29, 0.717) is 28.7 Å². The lowest BCUT2D eigenvalue weighted by molar-refractivity contribution is 0.0730. The van der Waals surface area contributed by atoms with Gasteiger partial charge in [-0.1, -0.05) is 48.9 Å². The molecule has 3 aromatic rings. The van der Waals surface area contributed by atoms with Gasteiger partial charge in [0.15, 0.2) is 0 Å². The first-order valence-electron chi connectivity index (χ1n) is 10.4. The normalized spacial score (nSPS) is 14.6. The zero-order valence-electron chi connectivity index (χ0n) is 17.9. The summed E-state index contributed by atoms with van der Waals surface area (Å²) < 4.78 is 17.0. The molecule has 0 amide bonds. The number of esters is 1. The summed E-state index contributed by atoms with van der Waals surface area (Å²) in [5, 5.41) is 10.2. The van der Waals surface area contributed by atoms with Gasteiger partial charge < -0.3 is 19.9 Å². The molecule has 1 unspecified atom stereocenters. The number of fused-ring (bicyclic) bond motifs is 1. The van der Waals surface area contributed by atoms with Gasteiger partial charge in [-0.05, 0) is 42.3 Å². The number of rotatable bonds is 6. The van der Waals surface area contributed by atoms with Gasteiger partial charge in [-0.15, -0.1) is 0 Å². The van der Waals surface area contributed by atoms with E-state index >= 15 is 0 Å². The van der Waals surface area contributed by atoms with Crippen molar-refractivity contribution in [3.8, 4) is 23.3 Å². The first-order chi connectivity index (χ1) is 16.0. The van der Waals surface area contributed by atoms with Gasteiger partial charge in [0, 0.05) is 16.7 Å². The van der Waals surface area contributed by atoms with Crippen molar-refractivity contribution in [2.45, 2.75) is 19.3 Å². The number of nitrogens with two attached hydrogens (primary N) is 1. The van der Waals surface area contributed by atoms with Gasteiger partial charge in [0.2, 0.25) is 5.88 Å². The summed E-state index contributed by atoms with van der Waals surface area (Å²) >= 11 is 6.17. The average Bonchev–Trinajstić information content (AvgIpc) is 2.82. The molecule has 0 saturated carbocycles. The van der Waals surface area contributed by atoms with Crippen LogP contribution in [0.15, 0.2) is 78.2 Å². The quantitative estimate of drug-likeness (QED) is 0.382. The van der Waals surface area contributed by atoms with Crippen LogP contribution in [-0.4, -0.2) is 12.6 Å². The molecule has 1 heterocycles. The van der Waals surface area contributed by atoms with Gasteiger partial charge in [-0.2, -0.15) is 5.26 Å². The fraction of sp³-hybridized carbons (Fsp3) is 0.154. The lowest BCUT2D eigenvalue weighted by atomic mass is 9.83. The first kappa shape index (κ1) is 22.3. The maximum atomic E-state index is 12.8. The molecule has 0 fully saturated rings. The Labute approximate surface area is 196 Å². The summed E-state index contributed by atoms with van der Waals surface area (Å²) in [7, 11) is 0. The highest BCUT2D eigenvalue weighted by Gasteiger charge is 2.31. The molecule has 1 atom stereocenters. The average molecular weight is 461 g/mol. The van der Waals surface area contributed by atoms with E-state index in [4.69, 9.17) is 31.5 Å². The fourth-order valence-corrected chi connectivity index (χ4v) is 3.86. The molecule has 0 spiro atoms. The third-order valence-corrected chi connectivity index (χ3v) is 5.39. The highest BCUT2D eigenvalue weighted by molar-refractivity contribution is 6.30. The number of hydrogen-bond acceptors (Lipinski definition) is 6. The van der Waals surface area contributed by atoms with Crippen molar-refractivity contribution >= 4 is 17.6 Å². The van der Waals surface area contributed by atoms with Gasteiger partial charge in [-0.25, -0.2) is 4.79 Å². The molecule has 2 N–H and O–H groups in total. The van der Waals surface area contributed by atoms with E-state index in [1.165, 1.54) is 0 Å². The summed E-state index contributed by atoms with van der Waals surface area (Å²) in [6.07, 6.45) is 0.818. The molecule has 33 heavy (non-hydrogen) atoms. The van der Waals surface area contributed by atoms with Gasteiger partial charge >= 0.3 is 5.97 Å². The fourth-order valence-electron chi connectivity index (χ4n) is 3.66. The smallest absolute Gasteiger partial charge is 0.347 e. The van der Waals surface area contributed by atoms with E-state index in [1.807, 2.05) is 19.1 Å². The van der Waals surface area contributed by atoms with Crippen molar-refractivity contribution in [3.05, 3.63) is 99.9 Å². The number of halogens is 1. The van der Waals surface area contributed by atoms with Crippen molar-refractivity contribution in [1.29, 1.82) is 5.26 Å². The number of ether oxygens (including phenoxy) is 3. The Hall–Kier alpha value is -3.95. The van der Waals surface area contributed by atoms with E-state index in [1.54, 1.807) is 54.6 Å². The third kappa shape index (κ3) is 4.64. The summed E-state index contributed by atoms with van der Waals surface area (Å²) in [5.74, 6) is 0.136. The number of carbonyl (C=O) groups excluding carboxylic acids is 1. The minimum absolute atomic E-state index is 0.00300. The van der Waals surface area contributed by atoms with Crippen LogP contribution in [0.1, 0.15) is 40.7 Å². The van der Waals surface area contributed by atoms with Crippen LogP contribution in [0.5, 0.6) is 17.2 Å². The molecule has 7 heteroatoms. The largest absolute Gasteiger partial charge is 0.493 e. The molecule has 4 rings (SSSR count). The van der Waals surface area contributed by atoms with Crippen LogP contribution in [0.2, 0.25) is 5.02 Å². The van der Waals surface area contributed by atoms with Crippen LogP contribution in [0.25, 0.3) is 0 Å². The number of benzene rings is 3. The summed E-state index contributed by atoms with van der Waals surface area (Å²) in [6, 6.07) is 21.3. The van der Waals surface area contributed by atoms with Crippen molar-refractivity contribution in [2.24, 2.45) is 5.73 Å². The molecule has 0 saturated heterocycles. The molecule has 3 aromatic carbocycles. The second kappa shape index (κ2) is 9.68. The van der Waals surface area contributed by atoms with Crippen LogP contribution >= 0.6 is 11.6 Å². The van der Waals surface area contributed by atoms with Crippen LogP contribution in [0, 0.1) is 11.3 Å². The summed E-state index contributed by atoms with van der Waals surface area (Å²) in [5.41, 5.74) is 8.19. The summed E-state index contributed by atoms with van der Waals surface area (Å²) in [4.78, 5) is 12.8. The van der Waals surface area contributed by atoms with Gasteiger partial charge in [0.1, 0.15) is 34.5 Å². The molecule has 0 aromatic heterocycles. The lowest BCUT2D eigenvalue weighted by Crippen LogP contribution is -2.21. The monoisotopic (exact) mass is 460 g/mol. The number of para-hydroxylation sites is 1. The first-order valence-corrected chi connectivity index (χ1v) is 10.8. The minimum Gasteiger partial charge on any atom is -0.493 e. The Morgan fingerprint density at radius 3 is 2.73 bits per heavy atom. The molecule has 0 radical (unpaired) electrons. The highest BCUT2D eigenvalue weighted by atomic mass is 35.5. The Kier molecular flexibility index (Phi) is 6.53. The predicted molar refractivity (Wildman–Crippen MR) is 124 cm³/mol. The van der Waals surface area contributed by atoms with Gasteiger partial charge in [0.05, 0.1) is 12.5 Å². The zero-order valence-corrected chi connectivity index (χ0v) is 18.6. The zero-order chi connectivity index (χ0) is 23.4. The Bertz CT molecular complexity index is 1280. The Morgan fingerprint density at radius 1 is 1.15 bits per heavy atom. The van der Waals surface area contributed by atoms with Crippen molar-refractivity contribution in [1.82, 2.24) is 0 Å². The third-order valence-electron chi connectivity index (χ3n) is 5.15. The molecule has 0 aliphatic carbocycles. The Balaban J connectivity index is 1.66. The standard InChI is InChI=1S/C26H21ClN2O4/c1-2-12-31-22-9-4-3-8-20(22)26(30)32-18-10-11-19-23(14-18)33-25(29)21(15-28)24(19)16-6-5-7-17(27)13-16/h3-11,13-14,24H,2,12,29H2,1H3. The molecule has 6 nitrogen and oxygen atoms in total. The molecular formula is C26H21ClN2O4. The SMILES string of the molecule is CCCOc1ccccc1C(=O)Oc1ccc2c(c1)OC(N)=C(C#N)C2c1cccc(Cl)c1. The molecular weight excluding hydrogens is 440 g/mol. The maximum Gasteiger partial charge on any atom is 0.347 e. The number of carbonyl (C=O) groups is 1. The van der Waals surface area contributed by atoms with Gasteiger partial charge in [0.25, 0.3) is 0 Å². The van der Waals surface area contributed by atoms with Crippen molar-refractivity contribution < 1.29 is 19.0 Å². The molecule has 0 bridgehead atoms. The van der Waals surface area contributed by atoms with E-state index in [0.717, 1.165) is 17.5 Å². The minimum atomic E-state index is -0.551. The predicted octanol–water partition coefficient (Wildman–Crippen LogP) is 5.57. The summed E-state index contributed by atoms with van der Waals surface area (Å²) in [6.45, 7) is 2.48. The Morgan fingerprint density at radius 2 is 1.97 bits per heavy atom. The number of nitrogens with zero attached hydrogens (tertiary/aromatic N) is 1. The van der Waals surface area contributed by atoms with E-state index in [2.05, 4.69) is 6.07 Å². The van der Waals surface area contributed by atoms with Crippen LogP contribution in [0.3, 0.4) is 0 Å². The molecule has 1 aliphatic rings. The van der Waals surface area contributed by atoms with Crippen LogP contribution in [0.4, 0.5) is 0 Å². The van der Waals surface area contributed by atoms with Crippen molar-refractivity contribution in [3.63, 3.8) is 0 Å². The lowest BCUT2D eigenvalue weighted by Gasteiger charge is -2.26. The second-order valence-electron chi connectivity index (χ2n) is 7.41.